The van der Waals surface area contributed by atoms with Gasteiger partial charge in [0.15, 0.2) is 0 Å². The number of urea groups is 1. The van der Waals surface area contributed by atoms with Gasteiger partial charge in [0.25, 0.3) is 0 Å². The summed E-state index contributed by atoms with van der Waals surface area (Å²) in [6, 6.07) is -0.112. The minimum Gasteiger partial charge on any atom is -0.481 e. The number of rotatable bonds is 4. The summed E-state index contributed by atoms with van der Waals surface area (Å²) in [6.45, 7) is 5.09. The molecular formula is C15H26N2O4. The van der Waals surface area contributed by atoms with E-state index in [1.54, 1.807) is 11.8 Å². The van der Waals surface area contributed by atoms with E-state index in [9.17, 15) is 14.7 Å². The van der Waals surface area contributed by atoms with E-state index in [4.69, 9.17) is 4.74 Å². The van der Waals surface area contributed by atoms with Crippen LogP contribution in [0.5, 0.6) is 0 Å². The number of hydrogen-bond acceptors (Lipinski definition) is 3. The van der Waals surface area contributed by atoms with Crippen molar-refractivity contribution >= 4 is 12.0 Å². The largest absolute Gasteiger partial charge is 0.481 e. The van der Waals surface area contributed by atoms with Gasteiger partial charge in [-0.2, -0.15) is 0 Å². The lowest BCUT2D eigenvalue weighted by Crippen LogP contribution is -2.51. The molecule has 21 heavy (non-hydrogen) atoms. The van der Waals surface area contributed by atoms with Crippen LogP contribution in [0, 0.1) is 5.41 Å². The zero-order valence-corrected chi connectivity index (χ0v) is 12.9. The lowest BCUT2D eigenvalue weighted by Gasteiger charge is -2.33. The van der Waals surface area contributed by atoms with Crippen LogP contribution < -0.4 is 5.32 Å². The predicted octanol–water partition coefficient (Wildman–Crippen LogP) is 1.84. The highest BCUT2D eigenvalue weighted by atomic mass is 16.5. The highest BCUT2D eigenvalue weighted by Gasteiger charge is 2.42. The fourth-order valence-corrected chi connectivity index (χ4v) is 3.23. The molecule has 1 aliphatic carbocycles. The average Bonchev–Trinajstić information content (AvgIpc) is 2.85. The van der Waals surface area contributed by atoms with Crippen molar-refractivity contribution in [1.29, 1.82) is 0 Å². The van der Waals surface area contributed by atoms with Gasteiger partial charge in [0.2, 0.25) is 0 Å². The van der Waals surface area contributed by atoms with Gasteiger partial charge >= 0.3 is 12.0 Å². The molecule has 0 radical (unpaired) electrons. The Morgan fingerprint density at radius 3 is 2.71 bits per heavy atom. The van der Waals surface area contributed by atoms with E-state index in [0.29, 0.717) is 19.6 Å². The van der Waals surface area contributed by atoms with Gasteiger partial charge < -0.3 is 20.1 Å². The first-order valence-electron chi connectivity index (χ1n) is 7.87. The van der Waals surface area contributed by atoms with Crippen LogP contribution in [0.1, 0.15) is 46.0 Å². The first kappa shape index (κ1) is 16.1. The Kier molecular flexibility index (Phi) is 5.08. The molecule has 2 amide bonds. The molecule has 1 aliphatic heterocycles. The summed E-state index contributed by atoms with van der Waals surface area (Å²) in [5.41, 5.74) is -0.816. The third kappa shape index (κ3) is 3.67. The number of carbonyl (C=O) groups excluding carboxylic acids is 1. The molecule has 2 aliphatic rings. The van der Waals surface area contributed by atoms with E-state index in [2.05, 4.69) is 5.32 Å². The van der Waals surface area contributed by atoms with Crippen molar-refractivity contribution in [2.75, 3.05) is 19.7 Å². The molecule has 6 nitrogen and oxygen atoms in total. The minimum absolute atomic E-state index is 0.0443. The van der Waals surface area contributed by atoms with Crippen molar-refractivity contribution in [3.63, 3.8) is 0 Å². The number of nitrogens with one attached hydrogen (secondary N) is 1. The summed E-state index contributed by atoms with van der Waals surface area (Å²) < 4.78 is 5.71. The number of carboxylic acids is 1. The zero-order chi connectivity index (χ0) is 15.5. The number of amides is 2. The molecule has 0 aromatic heterocycles. The van der Waals surface area contributed by atoms with E-state index >= 15 is 0 Å². The number of nitrogens with zero attached hydrogens (tertiary/aromatic N) is 1. The van der Waals surface area contributed by atoms with E-state index < -0.39 is 11.4 Å². The summed E-state index contributed by atoms with van der Waals surface area (Å²) in [6.07, 6.45) is 4.74. The number of hydrogen-bond donors (Lipinski definition) is 2. The van der Waals surface area contributed by atoms with Crippen molar-refractivity contribution in [2.45, 2.75) is 58.1 Å². The molecule has 0 spiro atoms. The van der Waals surface area contributed by atoms with Crippen LogP contribution in [0.2, 0.25) is 0 Å². The molecule has 1 saturated heterocycles. The van der Waals surface area contributed by atoms with Crippen LogP contribution in [0.15, 0.2) is 0 Å². The molecule has 0 aromatic carbocycles. The summed E-state index contributed by atoms with van der Waals surface area (Å²) in [7, 11) is 0. The quantitative estimate of drug-likeness (QED) is 0.830. The highest BCUT2D eigenvalue weighted by Crippen LogP contribution is 2.30. The molecule has 0 bridgehead atoms. The Balaban J connectivity index is 1.90. The molecular weight excluding hydrogens is 272 g/mol. The fraction of sp³-hybridized carbons (Fsp3) is 0.867. The van der Waals surface area contributed by atoms with Crippen LogP contribution in [0.25, 0.3) is 0 Å². The van der Waals surface area contributed by atoms with Gasteiger partial charge in [0, 0.05) is 19.7 Å². The maximum atomic E-state index is 12.3. The standard InChI is InChI=1S/C15H26N2O4/c1-3-21-12-7-5-4-6-11(12)16-14(20)17-9-8-15(2,10-17)13(18)19/h11-12H,3-10H2,1-2H3,(H,16,20)(H,18,19)/t11-,12-,15?/m1/s1. The fourth-order valence-electron chi connectivity index (χ4n) is 3.23. The Morgan fingerprint density at radius 2 is 2.10 bits per heavy atom. The number of ether oxygens (including phenoxy) is 1. The lowest BCUT2D eigenvalue weighted by atomic mass is 9.90. The summed E-state index contributed by atoms with van der Waals surface area (Å²) in [5.74, 6) is -0.831. The van der Waals surface area contributed by atoms with Crippen LogP contribution in [0.4, 0.5) is 4.79 Å². The van der Waals surface area contributed by atoms with Gasteiger partial charge in [-0.3, -0.25) is 4.79 Å². The molecule has 120 valence electrons. The molecule has 2 N–H and O–H groups in total. The van der Waals surface area contributed by atoms with E-state index in [1.165, 1.54) is 0 Å². The Bertz CT molecular complexity index is 399. The molecule has 2 fully saturated rings. The van der Waals surface area contributed by atoms with Gasteiger partial charge in [-0.05, 0) is 33.1 Å². The molecule has 6 heteroatoms. The van der Waals surface area contributed by atoms with Gasteiger partial charge in [-0.15, -0.1) is 0 Å². The zero-order valence-electron chi connectivity index (χ0n) is 12.9. The molecule has 1 saturated carbocycles. The van der Waals surface area contributed by atoms with E-state index in [1.807, 2.05) is 6.92 Å². The number of aliphatic carboxylic acids is 1. The monoisotopic (exact) mass is 298 g/mol. The van der Waals surface area contributed by atoms with Crippen molar-refractivity contribution in [3.05, 3.63) is 0 Å². The number of carboxylic acid groups (broad SMARTS) is 1. The maximum Gasteiger partial charge on any atom is 0.317 e. The van der Waals surface area contributed by atoms with Crippen molar-refractivity contribution in [2.24, 2.45) is 5.41 Å². The highest BCUT2D eigenvalue weighted by molar-refractivity contribution is 5.79. The number of likely N-dealkylation sites (tertiary alicyclic amines) is 1. The summed E-state index contributed by atoms with van der Waals surface area (Å²) >= 11 is 0. The second-order valence-corrected chi connectivity index (χ2v) is 6.37. The number of carbonyl (C=O) groups is 2. The minimum atomic E-state index is -0.831. The molecule has 2 rings (SSSR count). The van der Waals surface area contributed by atoms with Gasteiger partial charge in [-0.25, -0.2) is 4.79 Å². The Labute approximate surface area is 125 Å². The summed E-state index contributed by atoms with van der Waals surface area (Å²) in [4.78, 5) is 25.2. The van der Waals surface area contributed by atoms with Crippen molar-refractivity contribution in [1.82, 2.24) is 10.2 Å². The molecule has 0 aromatic rings. The Hall–Kier alpha value is -1.30. The van der Waals surface area contributed by atoms with Crippen LogP contribution in [-0.4, -0.2) is 53.8 Å². The Morgan fingerprint density at radius 1 is 1.38 bits per heavy atom. The van der Waals surface area contributed by atoms with Crippen molar-refractivity contribution < 1.29 is 19.4 Å². The molecule has 3 atom stereocenters. The summed E-state index contributed by atoms with van der Waals surface area (Å²) in [5, 5.41) is 12.3. The smallest absolute Gasteiger partial charge is 0.317 e. The van der Waals surface area contributed by atoms with Gasteiger partial charge in [-0.1, -0.05) is 12.8 Å². The van der Waals surface area contributed by atoms with Gasteiger partial charge in [0.1, 0.15) is 0 Å². The van der Waals surface area contributed by atoms with Crippen LogP contribution in [-0.2, 0) is 9.53 Å². The third-order valence-electron chi connectivity index (χ3n) is 4.67. The van der Waals surface area contributed by atoms with E-state index in [-0.39, 0.29) is 24.7 Å². The van der Waals surface area contributed by atoms with Crippen LogP contribution in [0.3, 0.4) is 0 Å². The second-order valence-electron chi connectivity index (χ2n) is 6.37. The first-order valence-corrected chi connectivity index (χ1v) is 7.87. The van der Waals surface area contributed by atoms with E-state index in [0.717, 1.165) is 25.7 Å². The van der Waals surface area contributed by atoms with Crippen molar-refractivity contribution in [3.8, 4) is 0 Å². The van der Waals surface area contributed by atoms with Gasteiger partial charge in [0.05, 0.1) is 17.6 Å². The SMILES string of the molecule is CCO[C@@H]1CCCC[C@H]1NC(=O)N1CCC(C)(C(=O)O)C1. The third-order valence-corrected chi connectivity index (χ3v) is 4.67. The second kappa shape index (κ2) is 6.64. The molecule has 1 unspecified atom stereocenters. The maximum absolute atomic E-state index is 12.3. The topological polar surface area (TPSA) is 78.9 Å². The van der Waals surface area contributed by atoms with Crippen LogP contribution >= 0.6 is 0 Å². The molecule has 1 heterocycles. The predicted molar refractivity (Wildman–Crippen MR) is 78.1 cm³/mol. The first-order chi connectivity index (χ1) is 9.96. The lowest BCUT2D eigenvalue weighted by molar-refractivity contribution is -0.147. The normalized spacial score (nSPS) is 33.0. The average molecular weight is 298 g/mol.